The minimum atomic E-state index is -0.174. The maximum Gasteiger partial charge on any atom is 0.272 e. The van der Waals surface area contributed by atoms with E-state index < -0.39 is 0 Å². The molecule has 0 fully saturated rings. The minimum Gasteiger partial charge on any atom is -0.396 e. The number of nitrogens with one attached hydrogen (secondary N) is 1. The van der Waals surface area contributed by atoms with E-state index >= 15 is 0 Å². The van der Waals surface area contributed by atoms with Gasteiger partial charge in [0, 0.05) is 30.8 Å². The van der Waals surface area contributed by atoms with Crippen LogP contribution < -0.4 is 5.32 Å². The average Bonchev–Trinajstić information content (AvgIpc) is 2.87. The van der Waals surface area contributed by atoms with Gasteiger partial charge in [0.05, 0.1) is 0 Å². The van der Waals surface area contributed by atoms with Crippen LogP contribution in [0, 0.1) is 17.8 Å². The van der Waals surface area contributed by atoms with Gasteiger partial charge in [0.25, 0.3) is 5.91 Å². The first-order chi connectivity index (χ1) is 9.77. The summed E-state index contributed by atoms with van der Waals surface area (Å²) in [6, 6.07) is 1.90. The van der Waals surface area contributed by atoms with E-state index in [0.717, 1.165) is 0 Å². The molecule has 0 radical (unpaired) electrons. The topological polar surface area (TPSA) is 67.2 Å². The number of carbonyl (C=O) groups excluding carboxylic acids is 1. The lowest BCUT2D eigenvalue weighted by atomic mass is 9.83. The molecule has 0 aliphatic carbocycles. The Labute approximate surface area is 127 Å². The lowest BCUT2D eigenvalue weighted by Crippen LogP contribution is -2.47. The Bertz CT molecular complexity index is 452. The van der Waals surface area contributed by atoms with Crippen molar-refractivity contribution in [2.24, 2.45) is 17.8 Å². The Morgan fingerprint density at radius 1 is 1.24 bits per heavy atom. The standard InChI is InChI=1S/C16H29N3O2/c1-10(2)13(9-20)15(11(3)4)17-16(21)14-7-8-19(18-14)12(5)6/h7-8,10-13,15,20H,9H2,1-6H3,(H,17,21)/t13-,15+/m0/s1. The van der Waals surface area contributed by atoms with Crippen molar-refractivity contribution in [2.45, 2.75) is 53.6 Å². The fourth-order valence-electron chi connectivity index (χ4n) is 2.48. The molecular weight excluding hydrogens is 266 g/mol. The van der Waals surface area contributed by atoms with Gasteiger partial charge in [0.15, 0.2) is 0 Å². The second-order valence-corrected chi connectivity index (χ2v) is 6.61. The molecule has 5 nitrogen and oxygen atoms in total. The largest absolute Gasteiger partial charge is 0.396 e. The second kappa shape index (κ2) is 7.59. The van der Waals surface area contributed by atoms with Gasteiger partial charge in [-0.3, -0.25) is 9.48 Å². The van der Waals surface area contributed by atoms with Crippen LogP contribution in [0.3, 0.4) is 0 Å². The van der Waals surface area contributed by atoms with E-state index in [9.17, 15) is 9.90 Å². The molecule has 0 saturated carbocycles. The Hall–Kier alpha value is -1.36. The zero-order chi connectivity index (χ0) is 16.2. The van der Waals surface area contributed by atoms with E-state index in [1.807, 2.05) is 20.0 Å². The highest BCUT2D eigenvalue weighted by Gasteiger charge is 2.28. The van der Waals surface area contributed by atoms with Crippen LogP contribution in [-0.2, 0) is 0 Å². The molecule has 1 rings (SSSR count). The predicted octanol–water partition coefficient (Wildman–Crippen LogP) is 2.48. The summed E-state index contributed by atoms with van der Waals surface area (Å²) in [5.74, 6) is 0.421. The molecule has 0 bridgehead atoms. The van der Waals surface area contributed by atoms with Crippen LogP contribution in [-0.4, -0.2) is 33.4 Å². The molecule has 5 heteroatoms. The molecule has 1 aromatic rings. The molecule has 1 heterocycles. The zero-order valence-corrected chi connectivity index (χ0v) is 14.0. The first-order valence-electron chi connectivity index (χ1n) is 7.74. The molecule has 0 aliphatic rings. The van der Waals surface area contributed by atoms with Crippen molar-refractivity contribution in [2.75, 3.05) is 6.61 Å². The van der Waals surface area contributed by atoms with Crippen molar-refractivity contribution in [3.8, 4) is 0 Å². The van der Waals surface area contributed by atoms with Crippen molar-refractivity contribution in [1.82, 2.24) is 15.1 Å². The molecule has 1 amide bonds. The third kappa shape index (κ3) is 4.56. The molecule has 0 spiro atoms. The van der Waals surface area contributed by atoms with E-state index in [0.29, 0.717) is 11.6 Å². The summed E-state index contributed by atoms with van der Waals surface area (Å²) in [5.41, 5.74) is 0.426. The van der Waals surface area contributed by atoms with Crippen LogP contribution in [0.4, 0.5) is 0 Å². The van der Waals surface area contributed by atoms with Crippen molar-refractivity contribution in [1.29, 1.82) is 0 Å². The highest BCUT2D eigenvalue weighted by atomic mass is 16.3. The molecule has 0 saturated heterocycles. The van der Waals surface area contributed by atoms with Gasteiger partial charge in [-0.2, -0.15) is 5.10 Å². The number of aromatic nitrogens is 2. The third-order valence-electron chi connectivity index (χ3n) is 3.91. The molecule has 21 heavy (non-hydrogen) atoms. The Balaban J connectivity index is 2.85. The first-order valence-corrected chi connectivity index (χ1v) is 7.74. The minimum absolute atomic E-state index is 0.0427. The number of nitrogens with zero attached hydrogens (tertiary/aromatic N) is 2. The molecule has 120 valence electrons. The molecular formula is C16H29N3O2. The van der Waals surface area contributed by atoms with E-state index in [1.54, 1.807) is 10.7 Å². The second-order valence-electron chi connectivity index (χ2n) is 6.61. The van der Waals surface area contributed by atoms with Gasteiger partial charge < -0.3 is 10.4 Å². The summed E-state index contributed by atoms with van der Waals surface area (Å²) >= 11 is 0. The quantitative estimate of drug-likeness (QED) is 0.812. The lowest BCUT2D eigenvalue weighted by molar-refractivity contribution is 0.0827. The van der Waals surface area contributed by atoms with Crippen LogP contribution in [0.1, 0.15) is 58.1 Å². The third-order valence-corrected chi connectivity index (χ3v) is 3.91. The van der Waals surface area contributed by atoms with Gasteiger partial charge in [0.2, 0.25) is 0 Å². The maximum atomic E-state index is 12.4. The highest BCUT2D eigenvalue weighted by Crippen LogP contribution is 2.21. The van der Waals surface area contributed by atoms with E-state index in [-0.39, 0.29) is 36.4 Å². The van der Waals surface area contributed by atoms with Crippen LogP contribution in [0.15, 0.2) is 12.3 Å². The Kier molecular flexibility index (Phi) is 6.40. The van der Waals surface area contributed by atoms with Crippen molar-refractivity contribution in [3.05, 3.63) is 18.0 Å². The van der Waals surface area contributed by atoms with Crippen molar-refractivity contribution >= 4 is 5.91 Å². The molecule has 0 aromatic carbocycles. The van der Waals surface area contributed by atoms with Gasteiger partial charge >= 0.3 is 0 Å². The predicted molar refractivity (Wildman–Crippen MR) is 84.1 cm³/mol. The number of carbonyl (C=O) groups is 1. The SMILES string of the molecule is CC(C)[C@@H](NC(=O)c1ccn(C(C)C)n1)[C@@H](CO)C(C)C. The number of rotatable bonds is 7. The van der Waals surface area contributed by atoms with E-state index in [4.69, 9.17) is 0 Å². The van der Waals surface area contributed by atoms with Gasteiger partial charge in [-0.15, -0.1) is 0 Å². The smallest absolute Gasteiger partial charge is 0.272 e. The summed E-state index contributed by atoms with van der Waals surface area (Å²) < 4.78 is 1.77. The lowest BCUT2D eigenvalue weighted by Gasteiger charge is -2.32. The zero-order valence-electron chi connectivity index (χ0n) is 14.0. The van der Waals surface area contributed by atoms with Crippen LogP contribution in [0.2, 0.25) is 0 Å². The number of hydrogen-bond donors (Lipinski definition) is 2. The Morgan fingerprint density at radius 2 is 1.86 bits per heavy atom. The van der Waals surface area contributed by atoms with Gasteiger partial charge in [0.1, 0.15) is 5.69 Å². The normalized spacial score (nSPS) is 14.8. The van der Waals surface area contributed by atoms with E-state index in [1.165, 1.54) is 0 Å². The number of amides is 1. The fraction of sp³-hybridized carbons (Fsp3) is 0.750. The van der Waals surface area contributed by atoms with Gasteiger partial charge in [-0.1, -0.05) is 27.7 Å². The monoisotopic (exact) mass is 295 g/mol. The van der Waals surface area contributed by atoms with Gasteiger partial charge in [-0.05, 0) is 31.7 Å². The van der Waals surface area contributed by atoms with Crippen LogP contribution in [0.25, 0.3) is 0 Å². The maximum absolute atomic E-state index is 12.4. The number of aliphatic hydroxyl groups is 1. The molecule has 0 aliphatic heterocycles. The van der Waals surface area contributed by atoms with Crippen LogP contribution in [0.5, 0.6) is 0 Å². The summed E-state index contributed by atoms with van der Waals surface area (Å²) in [7, 11) is 0. The molecule has 0 unspecified atom stereocenters. The summed E-state index contributed by atoms with van der Waals surface area (Å²) in [5, 5.41) is 16.9. The van der Waals surface area contributed by atoms with Gasteiger partial charge in [-0.25, -0.2) is 0 Å². The number of hydrogen-bond acceptors (Lipinski definition) is 3. The molecule has 1 aromatic heterocycles. The van der Waals surface area contributed by atoms with E-state index in [2.05, 4.69) is 38.1 Å². The molecule has 2 N–H and O–H groups in total. The molecule has 2 atom stereocenters. The highest BCUT2D eigenvalue weighted by molar-refractivity contribution is 5.92. The fourth-order valence-corrected chi connectivity index (χ4v) is 2.48. The Morgan fingerprint density at radius 3 is 2.24 bits per heavy atom. The van der Waals surface area contributed by atoms with Crippen molar-refractivity contribution in [3.63, 3.8) is 0 Å². The average molecular weight is 295 g/mol. The summed E-state index contributed by atoms with van der Waals surface area (Å²) in [4.78, 5) is 12.4. The van der Waals surface area contributed by atoms with Crippen molar-refractivity contribution < 1.29 is 9.90 Å². The number of aliphatic hydroxyl groups excluding tert-OH is 1. The summed E-state index contributed by atoms with van der Waals surface area (Å²) in [6.07, 6.45) is 1.82. The van der Waals surface area contributed by atoms with Crippen LogP contribution >= 0.6 is 0 Å². The first kappa shape index (κ1) is 17.7. The summed E-state index contributed by atoms with van der Waals surface area (Å²) in [6.45, 7) is 12.4.